The standard InChI is InChI=1S/C18H15Br2N3O3/c1-2-7-23-14-5-3-10(19)8-12(14)16(18(23)26)21-22-17(25)13-9-11(20)4-6-15(13)24/h3-6,8-9,24,26H,2,7H2,1H3. The zero-order chi connectivity index (χ0) is 18.8. The van der Waals surface area contributed by atoms with Crippen molar-refractivity contribution in [3.63, 3.8) is 0 Å². The molecule has 0 radical (unpaired) electrons. The van der Waals surface area contributed by atoms with E-state index < -0.39 is 5.91 Å². The third-order valence-corrected chi connectivity index (χ3v) is 4.84. The summed E-state index contributed by atoms with van der Waals surface area (Å²) in [5, 5.41) is 28.7. The number of amides is 1. The van der Waals surface area contributed by atoms with Crippen LogP contribution in [0, 0.1) is 0 Å². The molecule has 26 heavy (non-hydrogen) atoms. The minimum absolute atomic E-state index is 0.0288. The Kier molecular flexibility index (Phi) is 5.43. The van der Waals surface area contributed by atoms with Crippen molar-refractivity contribution in [2.45, 2.75) is 19.9 Å². The number of fused-ring (bicyclic) bond motifs is 1. The molecule has 2 N–H and O–H groups in total. The molecule has 6 nitrogen and oxygen atoms in total. The number of nitrogens with zero attached hydrogens (tertiary/aromatic N) is 3. The Morgan fingerprint density at radius 3 is 2.54 bits per heavy atom. The maximum absolute atomic E-state index is 12.3. The van der Waals surface area contributed by atoms with Crippen LogP contribution < -0.4 is 0 Å². The third kappa shape index (κ3) is 3.52. The Hall–Kier alpha value is -2.19. The number of carbonyl (C=O) groups excluding carboxylic acids is 1. The quantitative estimate of drug-likeness (QED) is 0.455. The summed E-state index contributed by atoms with van der Waals surface area (Å²) in [7, 11) is 0. The number of phenolic OH excluding ortho intramolecular Hbond substituents is 1. The van der Waals surface area contributed by atoms with Crippen molar-refractivity contribution in [1.29, 1.82) is 0 Å². The number of phenols is 1. The molecule has 0 atom stereocenters. The highest BCUT2D eigenvalue weighted by Gasteiger charge is 2.18. The van der Waals surface area contributed by atoms with Crippen LogP contribution in [-0.4, -0.2) is 20.7 Å². The number of hydrogen-bond acceptors (Lipinski definition) is 4. The fraction of sp³-hybridized carbons (Fsp3) is 0.167. The highest BCUT2D eigenvalue weighted by Crippen LogP contribution is 2.40. The summed E-state index contributed by atoms with van der Waals surface area (Å²) in [6, 6.07) is 10.0. The highest BCUT2D eigenvalue weighted by atomic mass is 79.9. The molecule has 0 saturated carbocycles. The Bertz CT molecular complexity index is 1030. The molecule has 134 valence electrons. The summed E-state index contributed by atoms with van der Waals surface area (Å²) in [6.07, 6.45) is 0.828. The topological polar surface area (TPSA) is 87.2 Å². The lowest BCUT2D eigenvalue weighted by Crippen LogP contribution is -1.95. The minimum Gasteiger partial charge on any atom is -0.507 e. The molecular formula is C18H15Br2N3O3. The number of halogens is 2. The second-order valence-corrected chi connectivity index (χ2v) is 7.48. The second kappa shape index (κ2) is 7.59. The van der Waals surface area contributed by atoms with Crippen molar-refractivity contribution in [2.24, 2.45) is 10.2 Å². The Labute approximate surface area is 166 Å². The molecule has 1 amide bonds. The molecule has 0 aliphatic carbocycles. The number of aryl methyl sites for hydroxylation is 1. The molecular weight excluding hydrogens is 466 g/mol. The van der Waals surface area contributed by atoms with Crippen molar-refractivity contribution in [3.05, 3.63) is 50.9 Å². The summed E-state index contributed by atoms with van der Waals surface area (Å²) < 4.78 is 3.20. The highest BCUT2D eigenvalue weighted by molar-refractivity contribution is 9.10. The van der Waals surface area contributed by atoms with Crippen molar-refractivity contribution in [2.75, 3.05) is 0 Å². The predicted octanol–water partition coefficient (Wildman–Crippen LogP) is 5.91. The van der Waals surface area contributed by atoms with Gasteiger partial charge in [0.1, 0.15) is 5.75 Å². The summed E-state index contributed by atoms with van der Waals surface area (Å²) in [5.41, 5.74) is 1.05. The van der Waals surface area contributed by atoms with Crippen molar-refractivity contribution < 1.29 is 15.0 Å². The zero-order valence-corrected chi connectivity index (χ0v) is 17.0. The molecule has 8 heteroatoms. The first kappa shape index (κ1) is 18.6. The molecule has 0 fully saturated rings. The maximum atomic E-state index is 12.3. The molecule has 0 saturated heterocycles. The SMILES string of the molecule is CCCn1c(O)c(N=NC(=O)c2cc(Br)ccc2O)c2cc(Br)ccc21. The normalized spacial score (nSPS) is 11.5. The molecule has 0 aliphatic heterocycles. The molecule has 3 aromatic rings. The van der Waals surface area contributed by atoms with Gasteiger partial charge in [0, 0.05) is 20.9 Å². The number of azo groups is 1. The van der Waals surface area contributed by atoms with Gasteiger partial charge in [-0.2, -0.15) is 0 Å². The zero-order valence-electron chi connectivity index (χ0n) is 13.8. The Morgan fingerprint density at radius 2 is 1.81 bits per heavy atom. The van der Waals surface area contributed by atoms with E-state index in [1.54, 1.807) is 10.6 Å². The van der Waals surface area contributed by atoms with Gasteiger partial charge in [0.25, 0.3) is 5.91 Å². The second-order valence-electron chi connectivity index (χ2n) is 5.65. The first-order valence-corrected chi connectivity index (χ1v) is 9.46. The number of aromatic hydroxyl groups is 2. The van der Waals surface area contributed by atoms with Crippen LogP contribution in [0.15, 0.2) is 55.6 Å². The fourth-order valence-electron chi connectivity index (χ4n) is 2.67. The van der Waals surface area contributed by atoms with E-state index in [1.165, 1.54) is 12.1 Å². The first-order chi connectivity index (χ1) is 12.4. The van der Waals surface area contributed by atoms with Gasteiger partial charge in [0.2, 0.25) is 5.88 Å². The summed E-state index contributed by atoms with van der Waals surface area (Å²) in [4.78, 5) is 12.3. The van der Waals surface area contributed by atoms with E-state index >= 15 is 0 Å². The molecule has 0 aliphatic rings. The lowest BCUT2D eigenvalue weighted by Gasteiger charge is -2.04. The monoisotopic (exact) mass is 479 g/mol. The Balaban J connectivity index is 2.06. The van der Waals surface area contributed by atoms with Crippen molar-refractivity contribution in [1.82, 2.24) is 4.57 Å². The number of hydrogen-bond donors (Lipinski definition) is 2. The minimum atomic E-state index is -0.699. The van der Waals surface area contributed by atoms with E-state index in [0.717, 1.165) is 16.4 Å². The lowest BCUT2D eigenvalue weighted by atomic mass is 10.2. The van der Waals surface area contributed by atoms with Gasteiger partial charge in [0.15, 0.2) is 5.69 Å². The van der Waals surface area contributed by atoms with Gasteiger partial charge in [0.05, 0.1) is 11.1 Å². The van der Waals surface area contributed by atoms with Crippen LogP contribution >= 0.6 is 31.9 Å². The van der Waals surface area contributed by atoms with E-state index in [4.69, 9.17) is 0 Å². The van der Waals surface area contributed by atoms with Crippen LogP contribution in [-0.2, 0) is 6.54 Å². The van der Waals surface area contributed by atoms with E-state index in [-0.39, 0.29) is 22.9 Å². The van der Waals surface area contributed by atoms with Gasteiger partial charge in [-0.15, -0.1) is 10.2 Å². The smallest absolute Gasteiger partial charge is 0.299 e. The van der Waals surface area contributed by atoms with Gasteiger partial charge in [-0.1, -0.05) is 38.8 Å². The number of carbonyl (C=O) groups is 1. The number of aromatic nitrogens is 1. The predicted molar refractivity (Wildman–Crippen MR) is 106 cm³/mol. The maximum Gasteiger partial charge on any atom is 0.299 e. The molecule has 2 aromatic carbocycles. The van der Waals surface area contributed by atoms with E-state index in [2.05, 4.69) is 42.1 Å². The Morgan fingerprint density at radius 1 is 1.12 bits per heavy atom. The molecule has 0 unspecified atom stereocenters. The fourth-order valence-corrected chi connectivity index (χ4v) is 3.40. The van der Waals surface area contributed by atoms with Crippen LogP contribution in [0.25, 0.3) is 10.9 Å². The average molecular weight is 481 g/mol. The van der Waals surface area contributed by atoms with Gasteiger partial charge >= 0.3 is 0 Å². The first-order valence-electron chi connectivity index (χ1n) is 7.87. The van der Waals surface area contributed by atoms with Gasteiger partial charge in [-0.3, -0.25) is 4.79 Å². The third-order valence-electron chi connectivity index (χ3n) is 3.85. The lowest BCUT2D eigenvalue weighted by molar-refractivity contribution is 0.0992. The van der Waals surface area contributed by atoms with Crippen molar-refractivity contribution >= 4 is 54.4 Å². The van der Waals surface area contributed by atoms with E-state index in [0.29, 0.717) is 16.4 Å². The summed E-state index contributed by atoms with van der Waals surface area (Å²) in [5.74, 6) is -0.929. The number of benzene rings is 2. The van der Waals surface area contributed by atoms with Crippen LogP contribution in [0.1, 0.15) is 23.7 Å². The largest absolute Gasteiger partial charge is 0.507 e. The van der Waals surface area contributed by atoms with E-state index in [1.807, 2.05) is 25.1 Å². The summed E-state index contributed by atoms with van der Waals surface area (Å²) >= 11 is 6.65. The van der Waals surface area contributed by atoms with Crippen LogP contribution in [0.3, 0.4) is 0 Å². The molecule has 0 spiro atoms. The average Bonchev–Trinajstić information content (AvgIpc) is 2.86. The van der Waals surface area contributed by atoms with E-state index in [9.17, 15) is 15.0 Å². The van der Waals surface area contributed by atoms with Crippen LogP contribution in [0.5, 0.6) is 11.6 Å². The summed E-state index contributed by atoms with van der Waals surface area (Å²) in [6.45, 7) is 2.62. The van der Waals surface area contributed by atoms with Crippen molar-refractivity contribution in [3.8, 4) is 11.6 Å². The molecule has 3 rings (SSSR count). The van der Waals surface area contributed by atoms with Gasteiger partial charge < -0.3 is 14.8 Å². The molecule has 1 heterocycles. The van der Waals surface area contributed by atoms with Gasteiger partial charge in [-0.25, -0.2) is 0 Å². The molecule has 1 aromatic heterocycles. The van der Waals surface area contributed by atoms with Crippen LogP contribution in [0.2, 0.25) is 0 Å². The van der Waals surface area contributed by atoms with Crippen LogP contribution in [0.4, 0.5) is 5.69 Å². The van der Waals surface area contributed by atoms with Gasteiger partial charge in [-0.05, 0) is 42.8 Å². The number of rotatable bonds is 4. The molecule has 0 bridgehead atoms.